The van der Waals surface area contributed by atoms with E-state index in [1.807, 2.05) is 0 Å². The minimum absolute atomic E-state index is 0.0582. The lowest BCUT2D eigenvalue weighted by atomic mass is 9.82. The van der Waals surface area contributed by atoms with Crippen molar-refractivity contribution in [2.45, 2.75) is 19.8 Å². The van der Waals surface area contributed by atoms with Crippen LogP contribution in [0.1, 0.15) is 30.1 Å². The quantitative estimate of drug-likeness (QED) is 0.822. The Bertz CT molecular complexity index is 471. The zero-order valence-electron chi connectivity index (χ0n) is 11.0. The van der Waals surface area contributed by atoms with Gasteiger partial charge in [-0.25, -0.2) is 4.39 Å². The van der Waals surface area contributed by atoms with Gasteiger partial charge in [-0.2, -0.15) is 0 Å². The van der Waals surface area contributed by atoms with Crippen molar-refractivity contribution in [1.29, 1.82) is 0 Å². The van der Waals surface area contributed by atoms with Crippen LogP contribution in [0.4, 0.5) is 10.1 Å². The highest BCUT2D eigenvalue weighted by Gasteiger charge is 2.28. The third kappa shape index (κ3) is 3.44. The van der Waals surface area contributed by atoms with Gasteiger partial charge >= 0.3 is 0 Å². The molecule has 0 aliphatic carbocycles. The molecule has 2 rings (SSSR count). The molecule has 1 aromatic rings. The second-order valence-electron chi connectivity index (χ2n) is 5.34. The standard InChI is InChI=1S/C14H19FN2O2/c1-14(4-6-19-7-5-14)9-17-13(18)11-3-2-10(15)8-12(11)16/h2-3,8H,4-7,9,16H2,1H3,(H,17,18). The van der Waals surface area contributed by atoms with Gasteiger partial charge in [-0.3, -0.25) is 4.79 Å². The van der Waals surface area contributed by atoms with Gasteiger partial charge in [0.05, 0.1) is 5.56 Å². The highest BCUT2D eigenvalue weighted by molar-refractivity contribution is 5.99. The van der Waals surface area contributed by atoms with Crippen LogP contribution in [0.2, 0.25) is 0 Å². The van der Waals surface area contributed by atoms with E-state index in [9.17, 15) is 9.18 Å². The molecule has 19 heavy (non-hydrogen) atoms. The molecule has 1 aromatic carbocycles. The van der Waals surface area contributed by atoms with Crippen LogP contribution in [0.15, 0.2) is 18.2 Å². The summed E-state index contributed by atoms with van der Waals surface area (Å²) < 4.78 is 18.2. The summed E-state index contributed by atoms with van der Waals surface area (Å²) in [6.45, 7) is 4.16. The number of rotatable bonds is 3. The summed E-state index contributed by atoms with van der Waals surface area (Å²) in [7, 11) is 0. The smallest absolute Gasteiger partial charge is 0.253 e. The van der Waals surface area contributed by atoms with Gasteiger partial charge in [-0.05, 0) is 36.5 Å². The normalized spacial score (nSPS) is 18.0. The maximum atomic E-state index is 12.9. The minimum Gasteiger partial charge on any atom is -0.398 e. The van der Waals surface area contributed by atoms with Crippen LogP contribution < -0.4 is 11.1 Å². The van der Waals surface area contributed by atoms with Crippen molar-refractivity contribution in [2.75, 3.05) is 25.5 Å². The molecule has 1 aliphatic heterocycles. The molecule has 104 valence electrons. The fraction of sp³-hybridized carbons (Fsp3) is 0.500. The van der Waals surface area contributed by atoms with Gasteiger partial charge in [0.25, 0.3) is 5.91 Å². The molecule has 0 unspecified atom stereocenters. The first kappa shape index (κ1) is 13.8. The first-order valence-electron chi connectivity index (χ1n) is 6.41. The number of benzene rings is 1. The summed E-state index contributed by atoms with van der Waals surface area (Å²) in [6.07, 6.45) is 1.85. The molecule has 1 fully saturated rings. The number of carbonyl (C=O) groups is 1. The van der Waals surface area contributed by atoms with E-state index in [1.54, 1.807) is 0 Å². The Labute approximate surface area is 112 Å². The number of hydrogen-bond donors (Lipinski definition) is 2. The summed E-state index contributed by atoms with van der Waals surface area (Å²) in [5.41, 5.74) is 6.18. The average molecular weight is 266 g/mol. The van der Waals surface area contributed by atoms with Crippen LogP contribution in [0.3, 0.4) is 0 Å². The number of carbonyl (C=O) groups excluding carboxylic acids is 1. The van der Waals surface area contributed by atoms with Crippen molar-refractivity contribution in [2.24, 2.45) is 5.41 Å². The number of anilines is 1. The van der Waals surface area contributed by atoms with E-state index in [-0.39, 0.29) is 17.0 Å². The van der Waals surface area contributed by atoms with Crippen molar-refractivity contribution in [3.63, 3.8) is 0 Å². The molecule has 0 spiro atoms. The van der Waals surface area contributed by atoms with Gasteiger partial charge in [0, 0.05) is 25.4 Å². The highest BCUT2D eigenvalue weighted by atomic mass is 19.1. The lowest BCUT2D eigenvalue weighted by Crippen LogP contribution is -2.39. The van der Waals surface area contributed by atoms with E-state index >= 15 is 0 Å². The van der Waals surface area contributed by atoms with Crippen molar-refractivity contribution >= 4 is 11.6 Å². The number of nitrogens with two attached hydrogens (primary N) is 1. The van der Waals surface area contributed by atoms with E-state index in [2.05, 4.69) is 12.2 Å². The van der Waals surface area contributed by atoms with Crippen molar-refractivity contribution < 1.29 is 13.9 Å². The maximum absolute atomic E-state index is 12.9. The second-order valence-corrected chi connectivity index (χ2v) is 5.34. The van der Waals surface area contributed by atoms with Crippen LogP contribution in [0.25, 0.3) is 0 Å². The Hall–Kier alpha value is -1.62. The summed E-state index contributed by atoms with van der Waals surface area (Å²) in [6, 6.07) is 3.80. The molecule has 1 aliphatic rings. The van der Waals surface area contributed by atoms with E-state index in [0.717, 1.165) is 32.1 Å². The lowest BCUT2D eigenvalue weighted by molar-refractivity contribution is 0.0238. The summed E-state index contributed by atoms with van der Waals surface area (Å²) in [4.78, 5) is 12.0. The Kier molecular flexibility index (Phi) is 4.04. The molecule has 0 saturated carbocycles. The van der Waals surface area contributed by atoms with Crippen LogP contribution >= 0.6 is 0 Å². The molecule has 0 atom stereocenters. The Morgan fingerprint density at radius 3 is 2.79 bits per heavy atom. The third-order valence-electron chi connectivity index (χ3n) is 3.63. The van der Waals surface area contributed by atoms with Gasteiger partial charge in [0.15, 0.2) is 0 Å². The van der Waals surface area contributed by atoms with Gasteiger partial charge in [-0.15, -0.1) is 0 Å². The SMILES string of the molecule is CC1(CNC(=O)c2ccc(F)cc2N)CCOCC1. The third-order valence-corrected chi connectivity index (χ3v) is 3.63. The number of nitrogen functional groups attached to an aromatic ring is 1. The minimum atomic E-state index is -0.439. The van der Waals surface area contributed by atoms with E-state index in [0.29, 0.717) is 12.1 Å². The topological polar surface area (TPSA) is 64.4 Å². The Morgan fingerprint density at radius 1 is 1.47 bits per heavy atom. The Balaban J connectivity index is 1.97. The highest BCUT2D eigenvalue weighted by Crippen LogP contribution is 2.28. The molecule has 1 amide bonds. The molecule has 1 saturated heterocycles. The Morgan fingerprint density at radius 2 is 2.16 bits per heavy atom. The molecular formula is C14H19FN2O2. The first-order valence-corrected chi connectivity index (χ1v) is 6.41. The fourth-order valence-corrected chi connectivity index (χ4v) is 2.17. The van der Waals surface area contributed by atoms with Crippen LogP contribution in [0, 0.1) is 11.2 Å². The van der Waals surface area contributed by atoms with Crippen molar-refractivity contribution in [1.82, 2.24) is 5.32 Å². The van der Waals surface area contributed by atoms with Crippen LogP contribution in [-0.4, -0.2) is 25.7 Å². The molecule has 0 bridgehead atoms. The number of nitrogens with one attached hydrogen (secondary N) is 1. The van der Waals surface area contributed by atoms with Gasteiger partial charge in [-0.1, -0.05) is 6.92 Å². The van der Waals surface area contributed by atoms with Crippen molar-refractivity contribution in [3.8, 4) is 0 Å². The zero-order chi connectivity index (χ0) is 13.9. The number of hydrogen-bond acceptors (Lipinski definition) is 3. The van der Waals surface area contributed by atoms with Gasteiger partial charge in [0.1, 0.15) is 5.82 Å². The van der Waals surface area contributed by atoms with Gasteiger partial charge < -0.3 is 15.8 Å². The van der Waals surface area contributed by atoms with Gasteiger partial charge in [0.2, 0.25) is 0 Å². The molecule has 4 nitrogen and oxygen atoms in total. The summed E-state index contributed by atoms with van der Waals surface area (Å²) >= 11 is 0. The van der Waals surface area contributed by atoms with E-state index in [4.69, 9.17) is 10.5 Å². The molecule has 0 aromatic heterocycles. The monoisotopic (exact) mass is 266 g/mol. The second kappa shape index (κ2) is 5.57. The number of ether oxygens (including phenoxy) is 1. The molecule has 1 heterocycles. The first-order chi connectivity index (χ1) is 9.00. The molecule has 3 N–H and O–H groups in total. The largest absolute Gasteiger partial charge is 0.398 e. The van der Waals surface area contributed by atoms with Crippen LogP contribution in [-0.2, 0) is 4.74 Å². The summed E-state index contributed by atoms with van der Waals surface area (Å²) in [5.74, 6) is -0.698. The molecular weight excluding hydrogens is 247 g/mol. The lowest BCUT2D eigenvalue weighted by Gasteiger charge is -2.33. The fourth-order valence-electron chi connectivity index (χ4n) is 2.17. The predicted octanol–water partition coefficient (Wildman–Crippen LogP) is 1.95. The van der Waals surface area contributed by atoms with E-state index < -0.39 is 5.82 Å². The van der Waals surface area contributed by atoms with E-state index in [1.165, 1.54) is 12.1 Å². The molecule has 5 heteroatoms. The number of amides is 1. The van der Waals surface area contributed by atoms with Crippen LogP contribution in [0.5, 0.6) is 0 Å². The predicted molar refractivity (Wildman–Crippen MR) is 71.3 cm³/mol. The van der Waals surface area contributed by atoms with Crippen molar-refractivity contribution in [3.05, 3.63) is 29.6 Å². The zero-order valence-corrected chi connectivity index (χ0v) is 11.0. The molecule has 0 radical (unpaired) electrons. The number of halogens is 1. The average Bonchev–Trinajstić information content (AvgIpc) is 2.37. The maximum Gasteiger partial charge on any atom is 0.253 e. The summed E-state index contributed by atoms with van der Waals surface area (Å²) in [5, 5.41) is 2.87.